The molecule has 2 aromatic heterocycles. The normalized spacial score (nSPS) is 10.8. The van der Waals surface area contributed by atoms with Crippen molar-refractivity contribution in [3.63, 3.8) is 0 Å². The highest BCUT2D eigenvalue weighted by molar-refractivity contribution is 5.91. The minimum Gasteiger partial charge on any atom is -0.454 e. The van der Waals surface area contributed by atoms with Crippen LogP contribution >= 0.6 is 0 Å². The van der Waals surface area contributed by atoms with Gasteiger partial charge in [0.05, 0.1) is 12.2 Å². The second-order valence-corrected chi connectivity index (χ2v) is 6.34. The lowest BCUT2D eigenvalue weighted by molar-refractivity contribution is 0.0924. The van der Waals surface area contributed by atoms with Gasteiger partial charge in [-0.2, -0.15) is 5.10 Å². The second-order valence-electron chi connectivity index (χ2n) is 6.34. The van der Waals surface area contributed by atoms with Crippen molar-refractivity contribution in [3.05, 3.63) is 76.5 Å². The molecule has 1 N–H and O–H groups in total. The van der Waals surface area contributed by atoms with Crippen molar-refractivity contribution in [1.82, 2.24) is 15.1 Å². The van der Waals surface area contributed by atoms with E-state index in [0.29, 0.717) is 18.8 Å². The zero-order valence-corrected chi connectivity index (χ0v) is 14.9. The molecule has 2 heterocycles. The zero-order chi connectivity index (χ0) is 17.8. The summed E-state index contributed by atoms with van der Waals surface area (Å²) in [6.07, 6.45) is 0.797. The fourth-order valence-electron chi connectivity index (χ4n) is 2.73. The minimum absolute atomic E-state index is 0.188. The van der Waals surface area contributed by atoms with Crippen LogP contribution in [-0.4, -0.2) is 22.2 Å². The van der Waals surface area contributed by atoms with E-state index in [4.69, 9.17) is 4.42 Å². The Morgan fingerprint density at radius 3 is 2.56 bits per heavy atom. The fourth-order valence-corrected chi connectivity index (χ4v) is 2.73. The summed E-state index contributed by atoms with van der Waals surface area (Å²) in [7, 11) is 0. The minimum atomic E-state index is -0.188. The lowest BCUT2D eigenvalue weighted by Crippen LogP contribution is -2.25. The molecule has 5 heteroatoms. The molecule has 0 radical (unpaired) electrons. The second kappa shape index (κ2) is 7.38. The summed E-state index contributed by atoms with van der Waals surface area (Å²) in [5, 5.41) is 7.30. The van der Waals surface area contributed by atoms with Crippen LogP contribution in [0.4, 0.5) is 0 Å². The summed E-state index contributed by atoms with van der Waals surface area (Å²) >= 11 is 0. The molecule has 0 atom stereocenters. The Balaban J connectivity index is 1.53. The van der Waals surface area contributed by atoms with Gasteiger partial charge in [-0.25, -0.2) is 0 Å². The highest BCUT2D eigenvalue weighted by atomic mass is 16.4. The quantitative estimate of drug-likeness (QED) is 0.750. The van der Waals surface area contributed by atoms with E-state index in [9.17, 15) is 4.79 Å². The van der Waals surface area contributed by atoms with E-state index in [2.05, 4.69) is 41.6 Å². The number of carbonyl (C=O) groups is 1. The number of nitrogens with zero attached hydrogens (tertiary/aromatic N) is 2. The predicted octanol–water partition coefficient (Wildman–Crippen LogP) is 3.42. The number of benzene rings is 1. The van der Waals surface area contributed by atoms with Gasteiger partial charge < -0.3 is 9.73 Å². The number of hydrogen-bond acceptors (Lipinski definition) is 3. The molecular weight excluding hydrogens is 314 g/mol. The Labute approximate surface area is 147 Å². The molecule has 3 aromatic rings. The molecule has 0 aliphatic heterocycles. The maximum Gasteiger partial charge on any atom is 0.287 e. The molecule has 0 aliphatic carbocycles. The van der Waals surface area contributed by atoms with E-state index in [1.54, 1.807) is 6.07 Å². The molecule has 0 aliphatic rings. The van der Waals surface area contributed by atoms with E-state index in [1.165, 1.54) is 11.1 Å². The third-order valence-electron chi connectivity index (χ3n) is 4.11. The summed E-state index contributed by atoms with van der Waals surface area (Å²) in [5.74, 6) is 0.863. The molecule has 1 aromatic carbocycles. The lowest BCUT2D eigenvalue weighted by Gasteiger charge is -2.04. The first-order chi connectivity index (χ1) is 12.0. The first-order valence-electron chi connectivity index (χ1n) is 8.45. The molecule has 3 rings (SSSR count). The van der Waals surface area contributed by atoms with Crippen LogP contribution in [0.25, 0.3) is 0 Å². The molecule has 0 saturated carbocycles. The van der Waals surface area contributed by atoms with E-state index >= 15 is 0 Å². The molecule has 0 fully saturated rings. The number of aromatic nitrogens is 2. The van der Waals surface area contributed by atoms with Crippen LogP contribution < -0.4 is 5.32 Å². The predicted molar refractivity (Wildman–Crippen MR) is 96.7 cm³/mol. The van der Waals surface area contributed by atoms with Crippen LogP contribution in [0.1, 0.15) is 38.8 Å². The van der Waals surface area contributed by atoms with Crippen LogP contribution in [0.5, 0.6) is 0 Å². The molecule has 130 valence electrons. The van der Waals surface area contributed by atoms with Gasteiger partial charge in [0.15, 0.2) is 5.76 Å². The van der Waals surface area contributed by atoms with Gasteiger partial charge in [-0.05, 0) is 51.0 Å². The molecule has 25 heavy (non-hydrogen) atoms. The average Bonchev–Trinajstić information content (AvgIpc) is 3.16. The van der Waals surface area contributed by atoms with Crippen molar-refractivity contribution < 1.29 is 9.21 Å². The fraction of sp³-hybridized carbons (Fsp3) is 0.300. The van der Waals surface area contributed by atoms with Gasteiger partial charge in [0.2, 0.25) is 0 Å². The summed E-state index contributed by atoms with van der Waals surface area (Å²) in [6, 6.07) is 13.9. The van der Waals surface area contributed by atoms with E-state index in [0.717, 1.165) is 23.6 Å². The Bertz CT molecular complexity index is 859. The van der Waals surface area contributed by atoms with Gasteiger partial charge in [-0.15, -0.1) is 0 Å². The maximum absolute atomic E-state index is 12.2. The number of nitrogens with one attached hydrogen (secondary N) is 1. The average molecular weight is 337 g/mol. The Morgan fingerprint density at radius 2 is 1.88 bits per heavy atom. The number of carbonyl (C=O) groups excluding carboxylic acids is 1. The summed E-state index contributed by atoms with van der Waals surface area (Å²) in [5.41, 5.74) is 4.48. The van der Waals surface area contributed by atoms with Gasteiger partial charge in [0.25, 0.3) is 5.91 Å². The highest BCUT2D eigenvalue weighted by Gasteiger charge is 2.12. The number of hydrogen-bond donors (Lipinski definition) is 1. The molecule has 0 unspecified atom stereocenters. The Morgan fingerprint density at radius 1 is 1.12 bits per heavy atom. The van der Waals surface area contributed by atoms with Crippen molar-refractivity contribution in [3.8, 4) is 0 Å². The Kier molecular flexibility index (Phi) is 5.03. The van der Waals surface area contributed by atoms with Crippen molar-refractivity contribution in [2.75, 3.05) is 6.54 Å². The molecule has 1 amide bonds. The smallest absolute Gasteiger partial charge is 0.287 e. The van der Waals surface area contributed by atoms with Gasteiger partial charge in [-0.1, -0.05) is 29.8 Å². The van der Waals surface area contributed by atoms with Crippen LogP contribution in [0.3, 0.4) is 0 Å². The van der Waals surface area contributed by atoms with Crippen molar-refractivity contribution in [1.29, 1.82) is 0 Å². The van der Waals surface area contributed by atoms with E-state index in [1.807, 2.05) is 30.7 Å². The molecule has 5 nitrogen and oxygen atoms in total. The molecule has 0 spiro atoms. The maximum atomic E-state index is 12.2. The summed E-state index contributed by atoms with van der Waals surface area (Å²) < 4.78 is 7.53. The van der Waals surface area contributed by atoms with Gasteiger partial charge in [0, 0.05) is 12.2 Å². The van der Waals surface area contributed by atoms with Crippen molar-refractivity contribution >= 4 is 5.91 Å². The van der Waals surface area contributed by atoms with Crippen LogP contribution in [0.2, 0.25) is 0 Å². The van der Waals surface area contributed by atoms with E-state index < -0.39 is 0 Å². The number of amides is 1. The Hall–Kier alpha value is -2.82. The lowest BCUT2D eigenvalue weighted by atomic mass is 10.1. The first kappa shape index (κ1) is 17.0. The number of furan rings is 1. The number of aryl methyl sites for hydroxylation is 3. The third kappa shape index (κ3) is 4.38. The molecule has 0 saturated heterocycles. The third-order valence-corrected chi connectivity index (χ3v) is 4.11. The standard InChI is InChI=1S/C20H23N3O2/c1-14-4-6-17(7-5-14)10-11-21-20(24)19-9-8-18(25-19)13-23-16(3)12-15(2)22-23/h4-9,12H,10-11,13H2,1-3H3,(H,21,24). The largest absolute Gasteiger partial charge is 0.454 e. The van der Waals surface area contributed by atoms with Crippen molar-refractivity contribution in [2.45, 2.75) is 33.7 Å². The van der Waals surface area contributed by atoms with Gasteiger partial charge in [-0.3, -0.25) is 9.48 Å². The monoisotopic (exact) mass is 337 g/mol. The summed E-state index contributed by atoms with van der Waals surface area (Å²) in [4.78, 5) is 12.2. The van der Waals surface area contributed by atoms with Gasteiger partial charge in [0.1, 0.15) is 5.76 Å². The topological polar surface area (TPSA) is 60.1 Å². The molecular formula is C20H23N3O2. The SMILES string of the molecule is Cc1ccc(CCNC(=O)c2ccc(Cn3nc(C)cc3C)o2)cc1. The highest BCUT2D eigenvalue weighted by Crippen LogP contribution is 2.12. The van der Waals surface area contributed by atoms with Gasteiger partial charge >= 0.3 is 0 Å². The zero-order valence-electron chi connectivity index (χ0n) is 14.9. The molecule has 0 bridgehead atoms. The van der Waals surface area contributed by atoms with Crippen LogP contribution in [0.15, 0.2) is 46.9 Å². The number of rotatable bonds is 6. The van der Waals surface area contributed by atoms with Crippen LogP contribution in [-0.2, 0) is 13.0 Å². The van der Waals surface area contributed by atoms with E-state index in [-0.39, 0.29) is 5.91 Å². The van der Waals surface area contributed by atoms with Crippen LogP contribution in [0, 0.1) is 20.8 Å². The first-order valence-corrected chi connectivity index (χ1v) is 8.45. The summed E-state index contributed by atoms with van der Waals surface area (Å²) in [6.45, 7) is 7.12. The van der Waals surface area contributed by atoms with Crippen molar-refractivity contribution in [2.24, 2.45) is 0 Å².